The van der Waals surface area contributed by atoms with Crippen molar-refractivity contribution in [2.75, 3.05) is 12.1 Å². The van der Waals surface area contributed by atoms with Crippen molar-refractivity contribution in [2.24, 2.45) is 0 Å². The molecule has 0 bridgehead atoms. The monoisotopic (exact) mass is 300 g/mol. The summed E-state index contributed by atoms with van der Waals surface area (Å²) in [5, 5.41) is 13.7. The Morgan fingerprint density at radius 2 is 1.91 bits per heavy atom. The lowest BCUT2D eigenvalue weighted by atomic mass is 10.1. The number of nitrogens with zero attached hydrogens (tertiary/aromatic N) is 1. The first-order valence-corrected chi connectivity index (χ1v) is 6.51. The first kappa shape index (κ1) is 13.9. The van der Waals surface area contributed by atoms with Crippen LogP contribution in [-0.2, 0) is 0 Å². The largest absolute Gasteiger partial charge is 0.454 e. The summed E-state index contributed by atoms with van der Waals surface area (Å²) in [6.45, 7) is 1.94. The Hall–Kier alpha value is -3.09. The highest BCUT2D eigenvalue weighted by Gasteiger charge is 2.21. The van der Waals surface area contributed by atoms with Crippen LogP contribution in [0.4, 0.5) is 11.4 Å². The van der Waals surface area contributed by atoms with Crippen LogP contribution < -0.4 is 14.8 Å². The quantitative estimate of drug-likeness (QED) is 0.695. The molecular formula is C15H12N2O5. The number of hydrogen-bond acceptors (Lipinski definition) is 5. The van der Waals surface area contributed by atoms with Crippen molar-refractivity contribution in [1.82, 2.24) is 0 Å². The zero-order valence-electron chi connectivity index (χ0n) is 11.7. The molecule has 1 heterocycles. The Morgan fingerprint density at radius 3 is 2.64 bits per heavy atom. The topological polar surface area (TPSA) is 90.7 Å². The molecule has 1 N–H and O–H groups in total. The Morgan fingerprint density at radius 1 is 1.23 bits per heavy atom. The van der Waals surface area contributed by atoms with Gasteiger partial charge in [-0.15, -0.1) is 0 Å². The second-order valence-corrected chi connectivity index (χ2v) is 4.75. The smallest absolute Gasteiger partial charge is 0.282 e. The molecule has 0 saturated carbocycles. The van der Waals surface area contributed by atoms with Gasteiger partial charge in [0.1, 0.15) is 5.56 Å². The van der Waals surface area contributed by atoms with Crippen molar-refractivity contribution in [1.29, 1.82) is 0 Å². The van der Waals surface area contributed by atoms with Gasteiger partial charge in [-0.05, 0) is 24.6 Å². The molecule has 2 aromatic rings. The zero-order valence-corrected chi connectivity index (χ0v) is 11.7. The molecule has 7 heteroatoms. The van der Waals surface area contributed by atoms with Gasteiger partial charge >= 0.3 is 0 Å². The van der Waals surface area contributed by atoms with Crippen LogP contribution in [0.1, 0.15) is 15.9 Å². The molecule has 1 amide bonds. The van der Waals surface area contributed by atoms with Crippen LogP contribution >= 0.6 is 0 Å². The number of anilines is 1. The minimum Gasteiger partial charge on any atom is -0.454 e. The standard InChI is InChI=1S/C15H12N2O5/c1-9-6-13-14(22-8-21-13)7-11(9)16-15(18)10-4-2-3-5-12(10)17(19)20/h2-7H,8H2,1H3,(H,16,18). The molecule has 0 aromatic heterocycles. The van der Waals surface area contributed by atoms with E-state index in [0.717, 1.165) is 5.56 Å². The van der Waals surface area contributed by atoms with Gasteiger partial charge in [-0.2, -0.15) is 0 Å². The highest BCUT2D eigenvalue weighted by molar-refractivity contribution is 6.07. The lowest BCUT2D eigenvalue weighted by Gasteiger charge is -2.09. The van der Waals surface area contributed by atoms with Gasteiger partial charge in [-0.25, -0.2) is 0 Å². The molecule has 3 rings (SSSR count). The second kappa shape index (κ2) is 5.36. The molecule has 0 aliphatic carbocycles. The van der Waals surface area contributed by atoms with Crippen LogP contribution in [0.25, 0.3) is 0 Å². The van der Waals surface area contributed by atoms with E-state index in [9.17, 15) is 14.9 Å². The molecule has 0 radical (unpaired) electrons. The first-order valence-electron chi connectivity index (χ1n) is 6.51. The van der Waals surface area contributed by atoms with Gasteiger partial charge in [-0.1, -0.05) is 12.1 Å². The molecule has 7 nitrogen and oxygen atoms in total. The van der Waals surface area contributed by atoms with E-state index in [-0.39, 0.29) is 18.0 Å². The van der Waals surface area contributed by atoms with E-state index in [4.69, 9.17) is 9.47 Å². The van der Waals surface area contributed by atoms with Crippen LogP contribution in [-0.4, -0.2) is 17.6 Å². The number of aryl methyl sites for hydroxylation is 1. The Labute approximate surface area is 125 Å². The number of benzene rings is 2. The molecule has 0 spiro atoms. The Balaban J connectivity index is 1.91. The molecule has 1 aliphatic rings. The number of ether oxygens (including phenoxy) is 2. The van der Waals surface area contributed by atoms with E-state index in [2.05, 4.69) is 5.32 Å². The van der Waals surface area contributed by atoms with Crippen LogP contribution in [0, 0.1) is 17.0 Å². The van der Waals surface area contributed by atoms with E-state index in [1.165, 1.54) is 18.2 Å². The predicted molar refractivity (Wildman–Crippen MR) is 78.4 cm³/mol. The third kappa shape index (κ3) is 2.44. The van der Waals surface area contributed by atoms with Crippen molar-refractivity contribution in [3.8, 4) is 11.5 Å². The molecule has 0 atom stereocenters. The third-order valence-electron chi connectivity index (χ3n) is 3.31. The van der Waals surface area contributed by atoms with Crippen molar-refractivity contribution in [3.05, 3.63) is 57.6 Å². The van der Waals surface area contributed by atoms with Gasteiger partial charge in [0.05, 0.1) is 4.92 Å². The number of carbonyl (C=O) groups excluding carboxylic acids is 1. The summed E-state index contributed by atoms with van der Waals surface area (Å²) < 4.78 is 10.5. The Bertz CT molecular complexity index is 773. The highest BCUT2D eigenvalue weighted by atomic mass is 16.7. The molecule has 1 aliphatic heterocycles. The number of fused-ring (bicyclic) bond motifs is 1. The van der Waals surface area contributed by atoms with Crippen LogP contribution in [0.3, 0.4) is 0 Å². The molecule has 0 unspecified atom stereocenters. The van der Waals surface area contributed by atoms with Gasteiger partial charge < -0.3 is 14.8 Å². The molecule has 112 valence electrons. The van der Waals surface area contributed by atoms with Crippen molar-refractivity contribution in [3.63, 3.8) is 0 Å². The van der Waals surface area contributed by atoms with Gasteiger partial charge in [0.2, 0.25) is 6.79 Å². The number of amides is 1. The molecular weight excluding hydrogens is 288 g/mol. The molecule has 0 fully saturated rings. The van der Waals surface area contributed by atoms with Gasteiger partial charge in [0, 0.05) is 17.8 Å². The summed E-state index contributed by atoms with van der Waals surface area (Å²) in [5.74, 6) is 0.596. The first-order chi connectivity index (χ1) is 10.6. The van der Waals surface area contributed by atoms with Gasteiger partial charge in [0.25, 0.3) is 11.6 Å². The summed E-state index contributed by atoms with van der Waals surface area (Å²) in [7, 11) is 0. The number of nitro benzene ring substituents is 1. The SMILES string of the molecule is Cc1cc2c(cc1NC(=O)c1ccccc1[N+](=O)[O-])OCO2. The number of nitrogens with one attached hydrogen (secondary N) is 1. The fraction of sp³-hybridized carbons (Fsp3) is 0.133. The van der Waals surface area contributed by atoms with E-state index in [0.29, 0.717) is 17.2 Å². The average Bonchev–Trinajstić information content (AvgIpc) is 2.94. The second-order valence-electron chi connectivity index (χ2n) is 4.75. The van der Waals surface area contributed by atoms with E-state index in [1.807, 2.05) is 0 Å². The van der Waals surface area contributed by atoms with Crippen LogP contribution in [0.2, 0.25) is 0 Å². The summed E-state index contributed by atoms with van der Waals surface area (Å²) in [6, 6.07) is 9.19. The molecule has 0 saturated heterocycles. The fourth-order valence-electron chi connectivity index (χ4n) is 2.19. The maximum absolute atomic E-state index is 12.3. The molecule has 22 heavy (non-hydrogen) atoms. The van der Waals surface area contributed by atoms with E-state index in [1.54, 1.807) is 25.1 Å². The number of rotatable bonds is 3. The zero-order chi connectivity index (χ0) is 15.7. The number of hydrogen-bond donors (Lipinski definition) is 1. The highest BCUT2D eigenvalue weighted by Crippen LogP contribution is 2.37. The van der Waals surface area contributed by atoms with Gasteiger partial charge in [-0.3, -0.25) is 14.9 Å². The summed E-state index contributed by atoms with van der Waals surface area (Å²) in [4.78, 5) is 22.7. The summed E-state index contributed by atoms with van der Waals surface area (Å²) >= 11 is 0. The maximum Gasteiger partial charge on any atom is 0.282 e. The minimum atomic E-state index is -0.582. The lowest BCUT2D eigenvalue weighted by molar-refractivity contribution is -0.385. The van der Waals surface area contributed by atoms with Crippen molar-refractivity contribution >= 4 is 17.3 Å². The maximum atomic E-state index is 12.3. The number of carbonyl (C=O) groups is 1. The summed E-state index contributed by atoms with van der Waals surface area (Å²) in [5.41, 5.74) is 1.06. The Kier molecular flexibility index (Phi) is 3.38. The molecule has 2 aromatic carbocycles. The van der Waals surface area contributed by atoms with Gasteiger partial charge in [0.15, 0.2) is 11.5 Å². The predicted octanol–water partition coefficient (Wildman–Crippen LogP) is 2.88. The number of para-hydroxylation sites is 1. The minimum absolute atomic E-state index is 0.00423. The average molecular weight is 300 g/mol. The fourth-order valence-corrected chi connectivity index (χ4v) is 2.19. The van der Waals surface area contributed by atoms with E-state index < -0.39 is 10.8 Å². The summed E-state index contributed by atoms with van der Waals surface area (Å²) in [6.07, 6.45) is 0. The normalized spacial score (nSPS) is 12.0. The van der Waals surface area contributed by atoms with E-state index >= 15 is 0 Å². The lowest BCUT2D eigenvalue weighted by Crippen LogP contribution is -2.14. The van der Waals surface area contributed by atoms with Crippen LogP contribution in [0.15, 0.2) is 36.4 Å². The van der Waals surface area contributed by atoms with Crippen molar-refractivity contribution < 1.29 is 19.2 Å². The van der Waals surface area contributed by atoms with Crippen LogP contribution in [0.5, 0.6) is 11.5 Å². The third-order valence-corrected chi connectivity index (χ3v) is 3.31. The van der Waals surface area contributed by atoms with Crippen molar-refractivity contribution in [2.45, 2.75) is 6.92 Å². The number of nitro groups is 1.